The standard InChI is InChI=1S/C23H35OSi/c1-15-12-19(22(5,6)7)21(24-9)20(13-15)25(10,11)23(8)14-16(2)17(3)18(23)4/h12-13H,1-11H3. The summed E-state index contributed by atoms with van der Waals surface area (Å²) in [7, 11) is -0.116. The van der Waals surface area contributed by atoms with Gasteiger partial charge in [0, 0.05) is 5.04 Å². The molecule has 1 aliphatic carbocycles. The molecule has 1 aliphatic rings. The molecule has 0 aromatic heterocycles. The van der Waals surface area contributed by atoms with Gasteiger partial charge >= 0.3 is 0 Å². The minimum atomic E-state index is -1.94. The maximum atomic E-state index is 6.02. The number of benzene rings is 1. The smallest absolute Gasteiger partial charge is 0.121 e. The van der Waals surface area contributed by atoms with Crippen LogP contribution in [0.1, 0.15) is 59.6 Å². The highest BCUT2D eigenvalue weighted by atomic mass is 28.3. The van der Waals surface area contributed by atoms with Crippen LogP contribution in [0.4, 0.5) is 0 Å². The van der Waals surface area contributed by atoms with E-state index >= 15 is 0 Å². The van der Waals surface area contributed by atoms with E-state index in [4.69, 9.17) is 4.74 Å². The zero-order valence-electron chi connectivity index (χ0n) is 18.1. The summed E-state index contributed by atoms with van der Waals surface area (Å²) in [6.07, 6.45) is 3.85. The van der Waals surface area contributed by atoms with Crippen molar-refractivity contribution in [2.45, 2.75) is 78.9 Å². The molecular weight excluding hydrogens is 320 g/mol. The van der Waals surface area contributed by atoms with Crippen molar-refractivity contribution >= 4 is 13.3 Å². The number of ether oxygens (including phenoxy) is 1. The molecule has 1 unspecified atom stereocenters. The molecule has 0 bridgehead atoms. The first-order valence-electron chi connectivity index (χ1n) is 9.27. The number of methoxy groups -OCH3 is 1. The highest BCUT2D eigenvalue weighted by Gasteiger charge is 2.49. The first-order valence-corrected chi connectivity index (χ1v) is 12.3. The molecule has 0 aliphatic heterocycles. The van der Waals surface area contributed by atoms with Gasteiger partial charge in [0.25, 0.3) is 0 Å². The Morgan fingerprint density at radius 1 is 1.04 bits per heavy atom. The second-order valence-electron chi connectivity index (χ2n) is 9.39. The van der Waals surface area contributed by atoms with Crippen LogP contribution < -0.4 is 9.92 Å². The van der Waals surface area contributed by atoms with Crippen LogP contribution in [-0.2, 0) is 5.41 Å². The maximum absolute atomic E-state index is 6.02. The van der Waals surface area contributed by atoms with Gasteiger partial charge in [0.2, 0.25) is 0 Å². The summed E-state index contributed by atoms with van der Waals surface area (Å²) in [5, 5.41) is 1.41. The molecule has 0 fully saturated rings. The third kappa shape index (κ3) is 3.03. The van der Waals surface area contributed by atoms with E-state index in [1.54, 1.807) is 0 Å². The third-order valence-electron chi connectivity index (χ3n) is 6.48. The van der Waals surface area contributed by atoms with Crippen LogP contribution in [0.3, 0.4) is 0 Å². The molecule has 1 aromatic carbocycles. The third-order valence-corrected chi connectivity index (χ3v) is 11.2. The molecular formula is C23H35OSi. The lowest BCUT2D eigenvalue weighted by Crippen LogP contribution is -2.52. The lowest BCUT2D eigenvalue weighted by molar-refractivity contribution is 0.400. The van der Waals surface area contributed by atoms with Gasteiger partial charge in [-0.25, -0.2) is 0 Å². The fourth-order valence-corrected chi connectivity index (χ4v) is 7.68. The molecule has 0 saturated heterocycles. The predicted molar refractivity (Wildman–Crippen MR) is 113 cm³/mol. The van der Waals surface area contributed by atoms with Crippen molar-refractivity contribution in [3.63, 3.8) is 0 Å². The van der Waals surface area contributed by atoms with Gasteiger partial charge in [0.1, 0.15) is 13.8 Å². The highest BCUT2D eigenvalue weighted by molar-refractivity contribution is 6.93. The number of rotatable bonds is 3. The average Bonchev–Trinajstić information content (AvgIpc) is 2.70. The minimum Gasteiger partial charge on any atom is -0.497 e. The van der Waals surface area contributed by atoms with Crippen molar-refractivity contribution in [2.75, 3.05) is 7.11 Å². The first kappa shape index (κ1) is 20.0. The van der Waals surface area contributed by atoms with Crippen molar-refractivity contribution < 1.29 is 4.74 Å². The van der Waals surface area contributed by atoms with Gasteiger partial charge in [-0.2, -0.15) is 0 Å². The van der Waals surface area contributed by atoms with Crippen molar-refractivity contribution in [1.82, 2.24) is 0 Å². The number of hydrogen-bond donors (Lipinski definition) is 0. The van der Waals surface area contributed by atoms with Gasteiger partial charge in [-0.3, -0.25) is 0 Å². The van der Waals surface area contributed by atoms with Crippen molar-refractivity contribution in [1.29, 1.82) is 0 Å². The molecule has 2 rings (SSSR count). The Kier molecular flexibility index (Phi) is 4.93. The van der Waals surface area contributed by atoms with Gasteiger partial charge in [-0.15, -0.1) is 0 Å². The molecule has 25 heavy (non-hydrogen) atoms. The molecule has 1 aromatic rings. The van der Waals surface area contributed by atoms with E-state index in [0.29, 0.717) is 0 Å². The fraction of sp³-hybridized carbons (Fsp3) is 0.565. The molecule has 0 spiro atoms. The van der Waals surface area contributed by atoms with Gasteiger partial charge in [-0.1, -0.05) is 64.1 Å². The van der Waals surface area contributed by atoms with Crippen LogP contribution in [0.2, 0.25) is 18.1 Å². The lowest BCUT2D eigenvalue weighted by Gasteiger charge is -2.42. The summed E-state index contributed by atoms with van der Waals surface area (Å²) in [4.78, 5) is 0. The summed E-state index contributed by atoms with van der Waals surface area (Å²) in [5.74, 6) is 1.09. The number of aryl methyl sites for hydroxylation is 1. The molecule has 0 heterocycles. The van der Waals surface area contributed by atoms with E-state index in [1.807, 2.05) is 7.11 Å². The normalized spacial score (nSPS) is 21.6. The molecule has 1 nitrogen and oxygen atoms in total. The molecule has 137 valence electrons. The Hall–Kier alpha value is -1.28. The van der Waals surface area contributed by atoms with E-state index in [0.717, 1.165) is 5.75 Å². The molecule has 2 heteroatoms. The van der Waals surface area contributed by atoms with Crippen molar-refractivity contribution in [2.24, 2.45) is 0 Å². The van der Waals surface area contributed by atoms with Crippen LogP contribution >= 0.6 is 0 Å². The molecule has 0 N–H and O–H groups in total. The molecule has 0 amide bonds. The summed E-state index contributed by atoms with van der Waals surface area (Å²) >= 11 is 0. The monoisotopic (exact) mass is 355 g/mol. The Bertz CT molecular complexity index is 759. The van der Waals surface area contributed by atoms with E-state index in [1.165, 1.54) is 33.0 Å². The average molecular weight is 356 g/mol. The lowest BCUT2D eigenvalue weighted by atomic mass is 9.85. The maximum Gasteiger partial charge on any atom is 0.121 e. The summed E-state index contributed by atoms with van der Waals surface area (Å²) < 4.78 is 6.02. The van der Waals surface area contributed by atoms with E-state index < -0.39 is 8.07 Å². The predicted octanol–water partition coefficient (Wildman–Crippen LogP) is 6.08. The Morgan fingerprint density at radius 2 is 1.60 bits per heavy atom. The van der Waals surface area contributed by atoms with Crippen LogP contribution in [0, 0.1) is 13.0 Å². The SMILES string of the molecule is COc1c(C(C)(C)C)cc(C)cc1[Si](C)(C)C1(C)[C]=C(C)C(C)=C1C. The van der Waals surface area contributed by atoms with Crippen LogP contribution in [-0.4, -0.2) is 15.2 Å². The summed E-state index contributed by atoms with van der Waals surface area (Å²) in [6, 6.07) is 4.66. The summed E-state index contributed by atoms with van der Waals surface area (Å²) in [6.45, 7) is 23.1. The van der Waals surface area contributed by atoms with Crippen LogP contribution in [0.15, 0.2) is 28.9 Å². The zero-order chi connectivity index (χ0) is 19.4. The Labute approximate surface area is 156 Å². The van der Waals surface area contributed by atoms with Gasteiger partial charge in [0.05, 0.1) is 7.11 Å². The van der Waals surface area contributed by atoms with Crippen molar-refractivity contribution in [3.8, 4) is 5.75 Å². The molecule has 0 saturated carbocycles. The van der Waals surface area contributed by atoms with E-state index in [-0.39, 0.29) is 10.5 Å². The van der Waals surface area contributed by atoms with E-state index in [2.05, 4.69) is 86.7 Å². The molecule has 1 radical (unpaired) electrons. The Morgan fingerprint density at radius 3 is 2.00 bits per heavy atom. The number of allylic oxidation sites excluding steroid dienone is 4. The topological polar surface area (TPSA) is 9.23 Å². The summed E-state index contributed by atoms with van der Waals surface area (Å²) in [5.41, 5.74) is 6.88. The van der Waals surface area contributed by atoms with E-state index in [9.17, 15) is 0 Å². The fourth-order valence-electron chi connectivity index (χ4n) is 4.13. The molecule has 1 atom stereocenters. The van der Waals surface area contributed by atoms with Crippen molar-refractivity contribution in [3.05, 3.63) is 46.1 Å². The Balaban J connectivity index is 2.80. The second-order valence-corrected chi connectivity index (χ2v) is 14.2. The number of hydrogen-bond acceptors (Lipinski definition) is 1. The van der Waals surface area contributed by atoms with Crippen LogP contribution in [0.25, 0.3) is 0 Å². The van der Waals surface area contributed by atoms with Gasteiger partial charge in [-0.05, 0) is 61.1 Å². The van der Waals surface area contributed by atoms with Gasteiger partial charge < -0.3 is 4.74 Å². The zero-order valence-corrected chi connectivity index (χ0v) is 19.1. The van der Waals surface area contributed by atoms with Crippen LogP contribution in [0.5, 0.6) is 5.75 Å². The minimum absolute atomic E-state index is 0.00259. The quantitative estimate of drug-likeness (QED) is 0.597. The second kappa shape index (κ2) is 6.16. The highest BCUT2D eigenvalue weighted by Crippen LogP contribution is 2.53. The largest absolute Gasteiger partial charge is 0.497 e. The first-order chi connectivity index (χ1) is 11.3. The van der Waals surface area contributed by atoms with Gasteiger partial charge in [0.15, 0.2) is 0 Å².